The van der Waals surface area contributed by atoms with Gasteiger partial charge in [0.1, 0.15) is 12.4 Å². The number of ether oxygens (including phenoxy) is 1. The molecule has 5 rings (SSSR count). The van der Waals surface area contributed by atoms with E-state index >= 15 is 0 Å². The number of nitrogens with zero attached hydrogens (tertiary/aromatic N) is 2. The zero-order valence-corrected chi connectivity index (χ0v) is 21.7. The highest BCUT2D eigenvalue weighted by molar-refractivity contribution is 8.18. The van der Waals surface area contributed by atoms with E-state index < -0.39 is 0 Å². The molecule has 0 spiro atoms. The van der Waals surface area contributed by atoms with Crippen LogP contribution in [0, 0.1) is 12.8 Å². The molecule has 1 aliphatic carbocycles. The van der Waals surface area contributed by atoms with E-state index in [1.165, 1.54) is 23.7 Å². The highest BCUT2D eigenvalue weighted by Gasteiger charge is 2.41. The Morgan fingerprint density at radius 2 is 1.78 bits per heavy atom. The van der Waals surface area contributed by atoms with Crippen molar-refractivity contribution in [2.75, 3.05) is 0 Å². The first kappa shape index (κ1) is 24.4. The minimum atomic E-state index is 0.0632. The Balaban J connectivity index is 1.35. The molecule has 0 aromatic heterocycles. The summed E-state index contributed by atoms with van der Waals surface area (Å²) in [5.74, 6) is 1.34. The largest absolute Gasteiger partial charge is 0.489 e. The highest BCUT2D eigenvalue weighted by atomic mass is 32.2. The first-order valence-corrected chi connectivity index (χ1v) is 13.5. The molecule has 2 fully saturated rings. The van der Waals surface area contributed by atoms with Gasteiger partial charge in [0, 0.05) is 6.04 Å². The Morgan fingerprint density at radius 3 is 2.53 bits per heavy atom. The van der Waals surface area contributed by atoms with Gasteiger partial charge < -0.3 is 4.74 Å². The third-order valence-electron chi connectivity index (χ3n) is 6.88. The maximum Gasteiger partial charge on any atom is 0.267 e. The number of hydrogen-bond acceptors (Lipinski definition) is 4. The summed E-state index contributed by atoms with van der Waals surface area (Å²) >= 11 is 1.48. The van der Waals surface area contributed by atoms with Gasteiger partial charge in [0.15, 0.2) is 5.17 Å². The molecular formula is C31H32N2O2S. The van der Waals surface area contributed by atoms with Crippen molar-refractivity contribution in [2.45, 2.75) is 52.2 Å². The van der Waals surface area contributed by atoms with Crippen molar-refractivity contribution in [1.82, 2.24) is 4.90 Å². The fourth-order valence-electron chi connectivity index (χ4n) is 4.93. The number of carbonyl (C=O) groups excluding carboxylic acids is 1. The van der Waals surface area contributed by atoms with Crippen LogP contribution in [0.2, 0.25) is 0 Å². The zero-order chi connectivity index (χ0) is 24.9. The summed E-state index contributed by atoms with van der Waals surface area (Å²) < 4.78 is 5.96. The lowest BCUT2D eigenvalue weighted by atomic mass is 9.85. The van der Waals surface area contributed by atoms with Crippen LogP contribution < -0.4 is 4.74 Å². The van der Waals surface area contributed by atoms with Crippen LogP contribution in [-0.4, -0.2) is 22.0 Å². The van der Waals surface area contributed by atoms with Crippen LogP contribution in [0.3, 0.4) is 0 Å². The molecule has 0 bridgehead atoms. The van der Waals surface area contributed by atoms with Crippen molar-refractivity contribution >= 4 is 34.6 Å². The van der Waals surface area contributed by atoms with Gasteiger partial charge >= 0.3 is 0 Å². The molecule has 0 radical (unpaired) electrons. The second-order valence-electron chi connectivity index (χ2n) is 9.69. The number of amides is 1. The Bertz CT molecular complexity index is 1270. The van der Waals surface area contributed by atoms with Crippen LogP contribution in [0.5, 0.6) is 5.75 Å². The van der Waals surface area contributed by atoms with Gasteiger partial charge in [-0.3, -0.25) is 9.69 Å². The second kappa shape index (κ2) is 11.2. The second-order valence-corrected chi connectivity index (χ2v) is 10.7. The van der Waals surface area contributed by atoms with Crippen LogP contribution in [-0.2, 0) is 11.4 Å². The summed E-state index contributed by atoms with van der Waals surface area (Å²) in [6.45, 7) is 4.88. The predicted molar refractivity (Wildman–Crippen MR) is 149 cm³/mol. The van der Waals surface area contributed by atoms with E-state index in [0.29, 0.717) is 12.5 Å². The number of aliphatic imine (C=N–C) groups is 1. The number of aryl methyl sites for hydroxylation is 1. The van der Waals surface area contributed by atoms with Gasteiger partial charge in [-0.05, 0) is 78.9 Å². The van der Waals surface area contributed by atoms with Crippen molar-refractivity contribution in [1.29, 1.82) is 0 Å². The van der Waals surface area contributed by atoms with Crippen LogP contribution in [0.25, 0.3) is 6.08 Å². The van der Waals surface area contributed by atoms with E-state index in [1.807, 2.05) is 71.6 Å². The van der Waals surface area contributed by atoms with E-state index in [2.05, 4.69) is 32.0 Å². The molecule has 1 heterocycles. The van der Waals surface area contributed by atoms with Crippen molar-refractivity contribution in [2.24, 2.45) is 10.9 Å². The summed E-state index contributed by atoms with van der Waals surface area (Å²) in [6, 6.07) is 26.4. The summed E-state index contributed by atoms with van der Waals surface area (Å²) in [6.07, 6.45) is 6.55. The molecular weight excluding hydrogens is 464 g/mol. The summed E-state index contributed by atoms with van der Waals surface area (Å²) in [7, 11) is 0. The lowest BCUT2D eigenvalue weighted by Gasteiger charge is -2.35. The Labute approximate surface area is 218 Å². The van der Waals surface area contributed by atoms with E-state index in [0.717, 1.165) is 51.9 Å². The molecule has 1 saturated heterocycles. The van der Waals surface area contributed by atoms with Crippen LogP contribution in [0.15, 0.2) is 88.8 Å². The number of benzene rings is 3. The number of carbonyl (C=O) groups is 1. The lowest BCUT2D eigenvalue weighted by molar-refractivity contribution is -0.124. The lowest BCUT2D eigenvalue weighted by Crippen LogP contribution is -2.44. The van der Waals surface area contributed by atoms with Gasteiger partial charge in [-0.15, -0.1) is 0 Å². The maximum absolute atomic E-state index is 13.6. The minimum absolute atomic E-state index is 0.0632. The van der Waals surface area contributed by atoms with Crippen LogP contribution >= 0.6 is 11.8 Å². The topological polar surface area (TPSA) is 41.9 Å². The normalized spacial score (nSPS) is 22.4. The first-order valence-electron chi connectivity index (χ1n) is 12.7. The molecule has 3 aromatic rings. The Morgan fingerprint density at radius 1 is 1.00 bits per heavy atom. The van der Waals surface area contributed by atoms with Gasteiger partial charge in [-0.1, -0.05) is 79.9 Å². The first-order chi connectivity index (χ1) is 17.6. The summed E-state index contributed by atoms with van der Waals surface area (Å²) in [5, 5.41) is 0.786. The molecule has 2 atom stereocenters. The predicted octanol–water partition coefficient (Wildman–Crippen LogP) is 7.76. The smallest absolute Gasteiger partial charge is 0.267 e. The molecule has 36 heavy (non-hydrogen) atoms. The quantitative estimate of drug-likeness (QED) is 0.328. The van der Waals surface area contributed by atoms with Gasteiger partial charge in [-0.2, -0.15) is 0 Å². The minimum Gasteiger partial charge on any atom is -0.489 e. The number of thioether (sulfide) groups is 1. The fourth-order valence-corrected chi connectivity index (χ4v) is 5.98. The number of amidine groups is 1. The molecule has 4 nitrogen and oxygen atoms in total. The van der Waals surface area contributed by atoms with Crippen molar-refractivity contribution in [3.05, 3.63) is 100 Å². The van der Waals surface area contributed by atoms with Crippen molar-refractivity contribution in [3.8, 4) is 5.75 Å². The average Bonchev–Trinajstić information content (AvgIpc) is 3.18. The molecule has 1 saturated carbocycles. The van der Waals surface area contributed by atoms with E-state index in [4.69, 9.17) is 9.73 Å². The molecule has 1 amide bonds. The fraction of sp³-hybridized carbons (Fsp3) is 0.290. The number of para-hydroxylation sites is 1. The molecule has 184 valence electrons. The zero-order valence-electron chi connectivity index (χ0n) is 20.9. The van der Waals surface area contributed by atoms with E-state index in [-0.39, 0.29) is 11.9 Å². The van der Waals surface area contributed by atoms with Gasteiger partial charge in [0.25, 0.3) is 5.91 Å². The highest BCUT2D eigenvalue weighted by Crippen LogP contribution is 2.40. The molecule has 1 aliphatic heterocycles. The summed E-state index contributed by atoms with van der Waals surface area (Å²) in [4.78, 5) is 21.2. The average molecular weight is 497 g/mol. The number of hydrogen-bond donors (Lipinski definition) is 0. The molecule has 5 heteroatoms. The van der Waals surface area contributed by atoms with Crippen molar-refractivity contribution in [3.63, 3.8) is 0 Å². The Kier molecular flexibility index (Phi) is 7.57. The third-order valence-corrected chi connectivity index (χ3v) is 7.86. The van der Waals surface area contributed by atoms with Crippen LogP contribution in [0.1, 0.15) is 49.3 Å². The van der Waals surface area contributed by atoms with Gasteiger partial charge in [-0.25, -0.2) is 4.99 Å². The number of rotatable bonds is 6. The molecule has 2 aliphatic rings. The molecule has 0 N–H and O–H groups in total. The third kappa shape index (κ3) is 5.73. The Hall–Kier alpha value is -3.31. The molecule has 0 unspecified atom stereocenters. The van der Waals surface area contributed by atoms with Crippen LogP contribution in [0.4, 0.5) is 5.69 Å². The molecule has 3 aromatic carbocycles. The van der Waals surface area contributed by atoms with E-state index in [9.17, 15) is 4.79 Å². The van der Waals surface area contributed by atoms with Crippen molar-refractivity contribution < 1.29 is 9.53 Å². The standard InChI is InChI=1S/C31H32N2O2S/c1-22-9-8-11-25(19-22)21-35-27-17-15-24(16-18-27)20-29-30(34)33(28-14-7-6-10-23(28)2)31(36-29)32-26-12-4-3-5-13-26/h3-5,8-9,11-13,15-20,23,28H,6-7,10,14,21H2,1-2H3/b29-20-,32-31?/t23-,28+/m1/s1. The SMILES string of the molecule is Cc1cccc(COc2ccc(/C=C3\SC(=Nc4ccccc4)N([C@H]4CCCC[C@H]4C)C3=O)cc2)c1. The monoisotopic (exact) mass is 496 g/mol. The van der Waals surface area contributed by atoms with Gasteiger partial charge in [0.05, 0.1) is 10.6 Å². The van der Waals surface area contributed by atoms with E-state index in [1.54, 1.807) is 0 Å². The van der Waals surface area contributed by atoms with Gasteiger partial charge in [0.2, 0.25) is 0 Å². The summed E-state index contributed by atoms with van der Waals surface area (Å²) in [5.41, 5.74) is 4.23. The maximum atomic E-state index is 13.6.